The van der Waals surface area contributed by atoms with Gasteiger partial charge < -0.3 is 10.4 Å². The lowest BCUT2D eigenvalue weighted by atomic mass is 9.98. The molecule has 2 rings (SSSR count). The Hall–Kier alpha value is -1.06. The fourth-order valence-corrected chi connectivity index (χ4v) is 3.24. The summed E-state index contributed by atoms with van der Waals surface area (Å²) in [6.45, 7) is 13.0. The van der Waals surface area contributed by atoms with Gasteiger partial charge in [-0.25, -0.2) is 0 Å². The van der Waals surface area contributed by atoms with Crippen LogP contribution in [0.25, 0.3) is 0 Å². The second-order valence-corrected chi connectivity index (χ2v) is 6.81. The second-order valence-electron chi connectivity index (χ2n) is 6.81. The summed E-state index contributed by atoms with van der Waals surface area (Å²) in [5.74, 6) is 1.20. The minimum Gasteiger partial charge on any atom is -0.507 e. The van der Waals surface area contributed by atoms with E-state index in [-0.39, 0.29) is 0 Å². The zero-order valence-corrected chi connectivity index (χ0v) is 13.9. The highest BCUT2D eigenvalue weighted by Gasteiger charge is 2.19. The van der Waals surface area contributed by atoms with Crippen LogP contribution in [0.4, 0.5) is 0 Å². The number of benzene rings is 1. The Balaban J connectivity index is 2.05. The second kappa shape index (κ2) is 7.28. The average molecular weight is 290 g/mol. The van der Waals surface area contributed by atoms with Crippen molar-refractivity contribution in [1.29, 1.82) is 0 Å². The molecule has 21 heavy (non-hydrogen) atoms. The van der Waals surface area contributed by atoms with Gasteiger partial charge in [0.2, 0.25) is 0 Å². The van der Waals surface area contributed by atoms with Gasteiger partial charge in [-0.05, 0) is 76.2 Å². The third kappa shape index (κ3) is 4.45. The summed E-state index contributed by atoms with van der Waals surface area (Å²) >= 11 is 0. The first-order chi connectivity index (χ1) is 9.97. The van der Waals surface area contributed by atoms with E-state index < -0.39 is 0 Å². The van der Waals surface area contributed by atoms with Crippen LogP contribution >= 0.6 is 0 Å². The van der Waals surface area contributed by atoms with Crippen LogP contribution in [0, 0.1) is 19.8 Å². The highest BCUT2D eigenvalue weighted by Crippen LogP contribution is 2.24. The highest BCUT2D eigenvalue weighted by atomic mass is 16.3. The Morgan fingerprint density at radius 1 is 1.29 bits per heavy atom. The molecule has 2 N–H and O–H groups in total. The molecule has 0 saturated carbocycles. The number of phenolic OH excluding ortho intramolecular Hbond substituents is 1. The molecule has 1 fully saturated rings. The number of nitrogens with one attached hydrogen (secondary N) is 1. The third-order valence-electron chi connectivity index (χ3n) is 4.56. The number of phenols is 1. The number of hydrogen-bond donors (Lipinski definition) is 2. The average Bonchev–Trinajstić information content (AvgIpc) is 2.45. The number of nitrogens with zero attached hydrogens (tertiary/aromatic N) is 1. The first-order valence-electron chi connectivity index (χ1n) is 8.21. The van der Waals surface area contributed by atoms with Gasteiger partial charge in [0, 0.05) is 19.1 Å². The van der Waals surface area contributed by atoms with E-state index in [9.17, 15) is 5.11 Å². The molecule has 3 nitrogen and oxygen atoms in total. The third-order valence-corrected chi connectivity index (χ3v) is 4.56. The Kier molecular flexibility index (Phi) is 5.65. The number of aromatic hydroxyl groups is 1. The minimum atomic E-state index is 0.436. The van der Waals surface area contributed by atoms with Gasteiger partial charge in [0.05, 0.1) is 0 Å². The molecule has 0 spiro atoms. The maximum absolute atomic E-state index is 9.91. The molecule has 1 atom stereocenters. The quantitative estimate of drug-likeness (QED) is 0.874. The van der Waals surface area contributed by atoms with E-state index in [4.69, 9.17) is 0 Å². The number of aryl methyl sites for hydroxylation is 2. The van der Waals surface area contributed by atoms with E-state index >= 15 is 0 Å². The predicted octanol–water partition coefficient (Wildman–Crippen LogP) is 3.22. The lowest BCUT2D eigenvalue weighted by molar-refractivity contribution is 0.164. The van der Waals surface area contributed by atoms with Crippen molar-refractivity contribution in [3.05, 3.63) is 28.8 Å². The van der Waals surface area contributed by atoms with Gasteiger partial charge in [0.25, 0.3) is 0 Å². The van der Waals surface area contributed by atoms with E-state index in [2.05, 4.69) is 36.2 Å². The van der Waals surface area contributed by atoms with E-state index in [0.717, 1.165) is 36.7 Å². The number of piperidine rings is 1. The van der Waals surface area contributed by atoms with Crippen molar-refractivity contribution < 1.29 is 5.11 Å². The summed E-state index contributed by atoms with van der Waals surface area (Å²) in [6, 6.07) is 4.79. The van der Waals surface area contributed by atoms with Gasteiger partial charge in [-0.1, -0.05) is 12.1 Å². The molecule has 1 aromatic carbocycles. The van der Waals surface area contributed by atoms with E-state index in [1.165, 1.54) is 24.9 Å². The van der Waals surface area contributed by atoms with Gasteiger partial charge in [-0.2, -0.15) is 0 Å². The molecule has 1 aromatic rings. The molecule has 0 aromatic heterocycles. The smallest absolute Gasteiger partial charge is 0.121 e. The molecule has 1 heterocycles. The lowest BCUT2D eigenvalue weighted by Gasteiger charge is -2.33. The van der Waals surface area contributed by atoms with Crippen molar-refractivity contribution in [2.24, 2.45) is 5.92 Å². The molecule has 1 aliphatic rings. The van der Waals surface area contributed by atoms with Gasteiger partial charge in [0.15, 0.2) is 0 Å². The van der Waals surface area contributed by atoms with Crippen molar-refractivity contribution in [3.8, 4) is 5.75 Å². The van der Waals surface area contributed by atoms with Crippen molar-refractivity contribution >= 4 is 0 Å². The summed E-state index contributed by atoms with van der Waals surface area (Å²) < 4.78 is 0. The van der Waals surface area contributed by atoms with Crippen molar-refractivity contribution in [2.75, 3.05) is 19.6 Å². The van der Waals surface area contributed by atoms with Crippen molar-refractivity contribution in [1.82, 2.24) is 10.2 Å². The van der Waals surface area contributed by atoms with Crippen LogP contribution in [0.2, 0.25) is 0 Å². The molecule has 0 amide bonds. The predicted molar refractivity (Wildman–Crippen MR) is 88.7 cm³/mol. The van der Waals surface area contributed by atoms with Crippen LogP contribution in [0.5, 0.6) is 5.75 Å². The molecule has 1 saturated heterocycles. The zero-order chi connectivity index (χ0) is 15.4. The lowest BCUT2D eigenvalue weighted by Crippen LogP contribution is -2.40. The zero-order valence-electron chi connectivity index (χ0n) is 13.9. The number of rotatable bonds is 5. The SMILES string of the molecule is Cc1cc(CN(CC2CCCNC2)C(C)C)cc(C)c1O. The minimum absolute atomic E-state index is 0.436. The van der Waals surface area contributed by atoms with Crippen molar-refractivity contribution in [2.45, 2.75) is 53.1 Å². The van der Waals surface area contributed by atoms with Crippen LogP contribution in [0.3, 0.4) is 0 Å². The van der Waals surface area contributed by atoms with Crippen LogP contribution in [0.1, 0.15) is 43.4 Å². The standard InChI is InChI=1S/C18H30N2O/c1-13(2)20(11-16-6-5-7-19-10-16)12-17-8-14(3)18(21)15(4)9-17/h8-9,13,16,19,21H,5-7,10-12H2,1-4H3. The van der Waals surface area contributed by atoms with Gasteiger partial charge in [-0.3, -0.25) is 4.90 Å². The van der Waals surface area contributed by atoms with E-state index in [1.807, 2.05) is 13.8 Å². The monoisotopic (exact) mass is 290 g/mol. The van der Waals surface area contributed by atoms with Crippen LogP contribution in [0.15, 0.2) is 12.1 Å². The van der Waals surface area contributed by atoms with Crippen molar-refractivity contribution in [3.63, 3.8) is 0 Å². The van der Waals surface area contributed by atoms with E-state index in [0.29, 0.717) is 11.8 Å². The Morgan fingerprint density at radius 3 is 2.48 bits per heavy atom. The summed E-state index contributed by atoms with van der Waals surface area (Å²) in [6.07, 6.45) is 2.64. The Bertz CT molecular complexity index is 441. The molecular formula is C18H30N2O. The van der Waals surface area contributed by atoms with Crippen LogP contribution < -0.4 is 5.32 Å². The van der Waals surface area contributed by atoms with Gasteiger partial charge in [-0.15, -0.1) is 0 Å². The first kappa shape index (κ1) is 16.3. The Morgan fingerprint density at radius 2 is 1.95 bits per heavy atom. The summed E-state index contributed by atoms with van der Waals surface area (Å²) in [5.41, 5.74) is 3.27. The number of hydrogen-bond acceptors (Lipinski definition) is 3. The van der Waals surface area contributed by atoms with Gasteiger partial charge in [0.1, 0.15) is 5.75 Å². The fraction of sp³-hybridized carbons (Fsp3) is 0.667. The topological polar surface area (TPSA) is 35.5 Å². The first-order valence-corrected chi connectivity index (χ1v) is 8.21. The summed E-state index contributed by atoms with van der Waals surface area (Å²) in [7, 11) is 0. The normalized spacial score (nSPS) is 19.4. The molecular weight excluding hydrogens is 260 g/mol. The van der Waals surface area contributed by atoms with Crippen LogP contribution in [-0.4, -0.2) is 35.7 Å². The highest BCUT2D eigenvalue weighted by molar-refractivity contribution is 5.42. The molecule has 0 radical (unpaired) electrons. The molecule has 3 heteroatoms. The molecule has 0 bridgehead atoms. The van der Waals surface area contributed by atoms with E-state index in [1.54, 1.807) is 0 Å². The fourth-order valence-electron chi connectivity index (χ4n) is 3.24. The largest absolute Gasteiger partial charge is 0.507 e. The van der Waals surface area contributed by atoms with Gasteiger partial charge >= 0.3 is 0 Å². The maximum Gasteiger partial charge on any atom is 0.121 e. The molecule has 0 aliphatic carbocycles. The molecule has 118 valence electrons. The Labute approximate surface area is 129 Å². The summed E-state index contributed by atoms with van der Waals surface area (Å²) in [4.78, 5) is 2.56. The van der Waals surface area contributed by atoms with Crippen LogP contribution in [-0.2, 0) is 6.54 Å². The summed E-state index contributed by atoms with van der Waals surface area (Å²) in [5, 5.41) is 13.4. The molecule has 1 unspecified atom stereocenters. The maximum atomic E-state index is 9.91. The molecule has 1 aliphatic heterocycles.